The van der Waals surface area contributed by atoms with Crippen LogP contribution in [0.25, 0.3) is 0 Å². The third kappa shape index (κ3) is 4.14. The first-order valence-electron chi connectivity index (χ1n) is 5.42. The van der Waals surface area contributed by atoms with Gasteiger partial charge in [-0.1, -0.05) is 19.8 Å². The van der Waals surface area contributed by atoms with E-state index < -0.39 is 0 Å². The largest absolute Gasteiger partial charge is 0.467 e. The van der Waals surface area contributed by atoms with Crippen LogP contribution in [0.15, 0.2) is 12.5 Å². The Kier molecular flexibility index (Phi) is 5.51. The van der Waals surface area contributed by atoms with Crippen LogP contribution < -0.4 is 0 Å². The summed E-state index contributed by atoms with van der Waals surface area (Å²) in [5.41, 5.74) is 1.13. The zero-order chi connectivity index (χ0) is 10.9. The molecule has 0 aliphatic carbocycles. The Hall–Kier alpha value is -1.32. The number of aryl methyl sites for hydroxylation is 1. The van der Waals surface area contributed by atoms with E-state index >= 15 is 0 Å². The van der Waals surface area contributed by atoms with Gasteiger partial charge in [0, 0.05) is 24.9 Å². The van der Waals surface area contributed by atoms with Gasteiger partial charge in [0.05, 0.1) is 12.9 Å². The summed E-state index contributed by atoms with van der Waals surface area (Å²) in [5, 5.41) is 0. The molecule has 1 aromatic heterocycles. The fraction of sp³-hybridized carbons (Fsp3) is 0.636. The van der Waals surface area contributed by atoms with Crippen LogP contribution in [-0.2, 0) is 22.5 Å². The lowest BCUT2D eigenvalue weighted by Gasteiger charge is -2.06. The van der Waals surface area contributed by atoms with E-state index in [0.717, 1.165) is 18.7 Å². The molecule has 0 saturated carbocycles. The van der Waals surface area contributed by atoms with Crippen molar-refractivity contribution in [3.63, 3.8) is 0 Å². The number of aromatic nitrogens is 2. The van der Waals surface area contributed by atoms with Gasteiger partial charge in [0.1, 0.15) is 0 Å². The van der Waals surface area contributed by atoms with E-state index in [9.17, 15) is 4.79 Å². The van der Waals surface area contributed by atoms with Crippen molar-refractivity contribution in [3.8, 4) is 0 Å². The molecule has 1 heterocycles. The van der Waals surface area contributed by atoms with Gasteiger partial charge in [0.25, 0.3) is 6.47 Å². The third-order valence-electron chi connectivity index (χ3n) is 2.35. The molecular weight excluding hydrogens is 192 g/mol. The molecule has 0 aliphatic heterocycles. The summed E-state index contributed by atoms with van der Waals surface area (Å²) in [6, 6.07) is 0. The van der Waals surface area contributed by atoms with Gasteiger partial charge < -0.3 is 9.30 Å². The second-order valence-electron chi connectivity index (χ2n) is 3.50. The Morgan fingerprint density at radius 2 is 2.40 bits per heavy atom. The molecule has 0 saturated heterocycles. The lowest BCUT2D eigenvalue weighted by atomic mass is 10.2. The van der Waals surface area contributed by atoms with Gasteiger partial charge >= 0.3 is 0 Å². The Morgan fingerprint density at radius 1 is 1.53 bits per heavy atom. The summed E-state index contributed by atoms with van der Waals surface area (Å²) in [5.74, 6) is 0. The summed E-state index contributed by atoms with van der Waals surface area (Å²) in [4.78, 5) is 14.1. The quantitative estimate of drug-likeness (QED) is 0.485. The molecule has 0 spiro atoms. The van der Waals surface area contributed by atoms with Crippen LogP contribution >= 0.6 is 0 Å². The van der Waals surface area contributed by atoms with Crippen molar-refractivity contribution in [3.05, 3.63) is 18.2 Å². The molecule has 0 N–H and O–H groups in total. The summed E-state index contributed by atoms with van der Waals surface area (Å²) in [6.45, 7) is 4.11. The second kappa shape index (κ2) is 7.04. The molecule has 1 aromatic rings. The van der Waals surface area contributed by atoms with Gasteiger partial charge in [-0.3, -0.25) is 4.79 Å². The highest BCUT2D eigenvalue weighted by Crippen LogP contribution is 2.04. The minimum Gasteiger partial charge on any atom is -0.467 e. The van der Waals surface area contributed by atoms with E-state index in [0.29, 0.717) is 13.1 Å². The average molecular weight is 210 g/mol. The number of carbonyl (C=O) groups is 1. The molecule has 0 aliphatic rings. The number of carbonyl (C=O) groups excluding carboxylic acids is 1. The van der Waals surface area contributed by atoms with Gasteiger partial charge in [-0.15, -0.1) is 0 Å². The minimum atomic E-state index is 0.434. The highest BCUT2D eigenvalue weighted by molar-refractivity contribution is 5.36. The zero-order valence-corrected chi connectivity index (χ0v) is 9.19. The summed E-state index contributed by atoms with van der Waals surface area (Å²) in [7, 11) is 0. The van der Waals surface area contributed by atoms with Crippen molar-refractivity contribution in [2.24, 2.45) is 0 Å². The zero-order valence-electron chi connectivity index (χ0n) is 9.19. The smallest absolute Gasteiger partial charge is 0.293 e. The standard InChI is InChI=1S/C11H18N2O2/c1-2-3-4-6-13-9-12-8-11(13)5-7-15-10-14/h8-10H,2-7H2,1H3. The van der Waals surface area contributed by atoms with Crippen LogP contribution in [0, 0.1) is 0 Å². The summed E-state index contributed by atoms with van der Waals surface area (Å²) < 4.78 is 6.79. The molecule has 0 fully saturated rings. The van der Waals surface area contributed by atoms with E-state index in [1.165, 1.54) is 19.3 Å². The van der Waals surface area contributed by atoms with E-state index in [1.807, 2.05) is 12.5 Å². The van der Waals surface area contributed by atoms with Crippen molar-refractivity contribution < 1.29 is 9.53 Å². The Morgan fingerprint density at radius 3 is 3.13 bits per heavy atom. The molecule has 0 atom stereocenters. The van der Waals surface area contributed by atoms with Gasteiger partial charge in [-0.2, -0.15) is 0 Å². The van der Waals surface area contributed by atoms with Crippen LogP contribution in [0.2, 0.25) is 0 Å². The predicted octanol–water partition coefficient (Wildman–Crippen LogP) is 1.79. The number of nitrogens with zero attached hydrogens (tertiary/aromatic N) is 2. The summed E-state index contributed by atoms with van der Waals surface area (Å²) >= 11 is 0. The Bertz CT molecular complexity index is 284. The van der Waals surface area contributed by atoms with Crippen LogP contribution in [0.4, 0.5) is 0 Å². The van der Waals surface area contributed by atoms with Crippen LogP contribution in [-0.4, -0.2) is 22.6 Å². The van der Waals surface area contributed by atoms with E-state index in [2.05, 4.69) is 21.2 Å². The topological polar surface area (TPSA) is 44.1 Å². The van der Waals surface area contributed by atoms with Gasteiger partial charge in [0.15, 0.2) is 0 Å². The first-order valence-corrected chi connectivity index (χ1v) is 5.42. The molecule has 4 heteroatoms. The van der Waals surface area contributed by atoms with Crippen molar-refractivity contribution in [1.29, 1.82) is 0 Å². The van der Waals surface area contributed by atoms with Crippen molar-refractivity contribution in [1.82, 2.24) is 9.55 Å². The number of rotatable bonds is 8. The maximum Gasteiger partial charge on any atom is 0.293 e. The lowest BCUT2D eigenvalue weighted by Crippen LogP contribution is -2.05. The van der Waals surface area contributed by atoms with E-state index in [4.69, 9.17) is 0 Å². The van der Waals surface area contributed by atoms with Crippen molar-refractivity contribution >= 4 is 6.47 Å². The molecule has 0 radical (unpaired) electrons. The van der Waals surface area contributed by atoms with E-state index in [-0.39, 0.29) is 0 Å². The van der Waals surface area contributed by atoms with Crippen molar-refractivity contribution in [2.75, 3.05) is 6.61 Å². The molecule has 4 nitrogen and oxygen atoms in total. The monoisotopic (exact) mass is 210 g/mol. The molecule has 0 aromatic carbocycles. The molecule has 84 valence electrons. The fourth-order valence-electron chi connectivity index (χ4n) is 1.50. The first kappa shape index (κ1) is 11.8. The van der Waals surface area contributed by atoms with E-state index in [1.54, 1.807) is 0 Å². The van der Waals surface area contributed by atoms with Crippen LogP contribution in [0.1, 0.15) is 31.9 Å². The maximum absolute atomic E-state index is 9.98. The van der Waals surface area contributed by atoms with Gasteiger partial charge in [0.2, 0.25) is 0 Å². The Labute approximate surface area is 90.3 Å². The maximum atomic E-state index is 9.98. The lowest BCUT2D eigenvalue weighted by molar-refractivity contribution is -0.128. The predicted molar refractivity (Wildman–Crippen MR) is 57.5 cm³/mol. The average Bonchev–Trinajstić information content (AvgIpc) is 2.67. The molecule has 1 rings (SSSR count). The SMILES string of the molecule is CCCCCn1cncc1CCOC=O. The third-order valence-corrected chi connectivity index (χ3v) is 2.35. The fourth-order valence-corrected chi connectivity index (χ4v) is 1.50. The highest BCUT2D eigenvalue weighted by Gasteiger charge is 2.01. The molecule has 0 unspecified atom stereocenters. The number of imidazole rings is 1. The highest BCUT2D eigenvalue weighted by atomic mass is 16.5. The second-order valence-corrected chi connectivity index (χ2v) is 3.50. The molecule has 0 bridgehead atoms. The summed E-state index contributed by atoms with van der Waals surface area (Å²) in [6.07, 6.45) is 8.05. The number of unbranched alkanes of at least 4 members (excludes halogenated alkanes) is 2. The first-order chi connectivity index (χ1) is 7.38. The minimum absolute atomic E-state index is 0.434. The van der Waals surface area contributed by atoms with Gasteiger partial charge in [-0.05, 0) is 6.42 Å². The van der Waals surface area contributed by atoms with Gasteiger partial charge in [-0.25, -0.2) is 4.98 Å². The Balaban J connectivity index is 2.35. The van der Waals surface area contributed by atoms with Crippen LogP contribution in [0.5, 0.6) is 0 Å². The molecular formula is C11H18N2O2. The molecule has 15 heavy (non-hydrogen) atoms. The number of hydrogen-bond acceptors (Lipinski definition) is 3. The normalized spacial score (nSPS) is 10.2. The molecule has 0 amide bonds. The number of ether oxygens (including phenoxy) is 1. The number of hydrogen-bond donors (Lipinski definition) is 0. The van der Waals surface area contributed by atoms with Crippen LogP contribution in [0.3, 0.4) is 0 Å². The van der Waals surface area contributed by atoms with Crippen molar-refractivity contribution in [2.45, 2.75) is 39.2 Å².